The minimum atomic E-state index is -0.833. The molecule has 2 aromatic heterocycles. The molecule has 1 saturated heterocycles. The van der Waals surface area contributed by atoms with Crippen LogP contribution in [0, 0.1) is 3.57 Å². The summed E-state index contributed by atoms with van der Waals surface area (Å²) in [5, 5.41) is 22.9. The van der Waals surface area contributed by atoms with Crippen LogP contribution in [0.1, 0.15) is 10.9 Å². The van der Waals surface area contributed by atoms with Crippen LogP contribution in [0.3, 0.4) is 0 Å². The minimum absolute atomic E-state index is 0.293. The van der Waals surface area contributed by atoms with Crippen LogP contribution in [-0.4, -0.2) is 47.7 Å². The van der Waals surface area contributed by atoms with E-state index in [1.807, 2.05) is 12.1 Å². The molecule has 0 radical (unpaired) electrons. The molecule has 25 heavy (non-hydrogen) atoms. The molecule has 1 unspecified atom stereocenters. The molecular formula is C16H16IN5O2S. The second kappa shape index (κ2) is 7.06. The van der Waals surface area contributed by atoms with E-state index in [4.69, 9.17) is 0 Å². The van der Waals surface area contributed by atoms with E-state index in [0.29, 0.717) is 29.3 Å². The van der Waals surface area contributed by atoms with Gasteiger partial charge < -0.3 is 15.5 Å². The summed E-state index contributed by atoms with van der Waals surface area (Å²) in [7, 11) is 0. The number of fused-ring (bicyclic) bond motifs is 1. The van der Waals surface area contributed by atoms with Gasteiger partial charge in [0, 0.05) is 15.9 Å². The molecule has 1 aliphatic rings. The number of aromatic nitrogens is 4. The summed E-state index contributed by atoms with van der Waals surface area (Å²) >= 11 is 3.78. The number of nitrogens with zero attached hydrogens (tertiary/aromatic N) is 4. The summed E-state index contributed by atoms with van der Waals surface area (Å²) in [6.07, 6.45) is 1.57. The second-order valence-electron chi connectivity index (χ2n) is 5.81. The summed E-state index contributed by atoms with van der Waals surface area (Å²) in [6, 6.07) is 8.23. The highest BCUT2D eigenvalue weighted by molar-refractivity contribution is 14.1. The first-order valence-corrected chi connectivity index (χ1v) is 9.90. The lowest BCUT2D eigenvalue weighted by Crippen LogP contribution is -2.27. The molecule has 0 saturated carbocycles. The van der Waals surface area contributed by atoms with Crippen LogP contribution in [0.25, 0.3) is 11.2 Å². The number of thioether (sulfide) groups is 1. The predicted octanol–water partition coefficient (Wildman–Crippen LogP) is 2.01. The highest BCUT2D eigenvalue weighted by atomic mass is 127. The molecule has 0 spiro atoms. The first-order chi connectivity index (χ1) is 12.1. The van der Waals surface area contributed by atoms with Crippen LogP contribution in [-0.2, 0) is 6.54 Å². The standard InChI is InChI=1S/C16H16IN5O2S/c17-10-3-1-2-9(4-10)5-18-14-12-15(20-7-19-14)22(8-21-12)16-13(24)11(23)6-25-16/h1-4,7-8,11,13,16,23-24H,5-6H2,(H,18,19,20)/t11?,13-,16+/m0/s1. The highest BCUT2D eigenvalue weighted by Gasteiger charge is 2.36. The van der Waals surface area contributed by atoms with Gasteiger partial charge in [0.15, 0.2) is 11.5 Å². The Hall–Kier alpha value is -1.43. The molecule has 3 heterocycles. The molecule has 0 aliphatic carbocycles. The fraction of sp³-hybridized carbons (Fsp3) is 0.312. The Bertz CT molecular complexity index is 905. The van der Waals surface area contributed by atoms with Gasteiger partial charge >= 0.3 is 0 Å². The van der Waals surface area contributed by atoms with E-state index in [9.17, 15) is 10.2 Å². The van der Waals surface area contributed by atoms with E-state index in [-0.39, 0.29) is 5.37 Å². The van der Waals surface area contributed by atoms with Gasteiger partial charge in [0.25, 0.3) is 0 Å². The maximum atomic E-state index is 10.2. The Kier molecular flexibility index (Phi) is 4.80. The summed E-state index contributed by atoms with van der Waals surface area (Å²) < 4.78 is 2.99. The Morgan fingerprint density at radius 2 is 2.16 bits per heavy atom. The molecule has 1 aromatic carbocycles. The predicted molar refractivity (Wildman–Crippen MR) is 105 cm³/mol. The number of nitrogens with one attached hydrogen (secondary N) is 1. The molecule has 3 aromatic rings. The number of hydrogen-bond acceptors (Lipinski definition) is 7. The van der Waals surface area contributed by atoms with Gasteiger partial charge in [-0.1, -0.05) is 12.1 Å². The lowest BCUT2D eigenvalue weighted by atomic mass is 10.2. The fourth-order valence-corrected chi connectivity index (χ4v) is 4.72. The second-order valence-corrected chi connectivity index (χ2v) is 8.21. The van der Waals surface area contributed by atoms with Crippen LogP contribution in [0.15, 0.2) is 36.9 Å². The van der Waals surface area contributed by atoms with E-state index in [0.717, 1.165) is 5.56 Å². The summed E-state index contributed by atoms with van der Waals surface area (Å²) in [5.74, 6) is 1.15. The van der Waals surface area contributed by atoms with Gasteiger partial charge in [0.2, 0.25) is 0 Å². The molecule has 1 fully saturated rings. The smallest absolute Gasteiger partial charge is 0.166 e. The van der Waals surface area contributed by atoms with Crippen molar-refractivity contribution >= 4 is 51.3 Å². The molecule has 0 amide bonds. The number of rotatable bonds is 4. The molecule has 130 valence electrons. The van der Waals surface area contributed by atoms with Crippen LogP contribution >= 0.6 is 34.4 Å². The van der Waals surface area contributed by atoms with Crippen LogP contribution < -0.4 is 5.32 Å². The highest BCUT2D eigenvalue weighted by Crippen LogP contribution is 2.38. The Balaban J connectivity index is 1.61. The van der Waals surface area contributed by atoms with Crippen molar-refractivity contribution in [1.82, 2.24) is 19.5 Å². The molecule has 7 nitrogen and oxygen atoms in total. The Labute approximate surface area is 162 Å². The number of hydrogen-bond donors (Lipinski definition) is 3. The van der Waals surface area contributed by atoms with E-state index < -0.39 is 12.2 Å². The Morgan fingerprint density at radius 1 is 1.28 bits per heavy atom. The quantitative estimate of drug-likeness (QED) is 0.504. The van der Waals surface area contributed by atoms with Gasteiger partial charge in [-0.3, -0.25) is 4.57 Å². The Morgan fingerprint density at radius 3 is 2.92 bits per heavy atom. The summed E-state index contributed by atoms with van der Waals surface area (Å²) in [5.41, 5.74) is 2.45. The summed E-state index contributed by atoms with van der Waals surface area (Å²) in [6.45, 7) is 0.634. The third-order valence-corrected chi connectivity index (χ3v) is 6.16. The average Bonchev–Trinajstić information content (AvgIpc) is 3.17. The van der Waals surface area contributed by atoms with Crippen LogP contribution in [0.2, 0.25) is 0 Å². The SMILES string of the molecule is OC1CS[C@@H](n2cnc3c(NCc4cccc(I)c4)ncnc32)[C@H]1O. The van der Waals surface area contributed by atoms with Crippen LogP contribution in [0.4, 0.5) is 5.82 Å². The number of benzene rings is 1. The summed E-state index contributed by atoms with van der Waals surface area (Å²) in [4.78, 5) is 13.0. The lowest BCUT2D eigenvalue weighted by Gasteiger charge is -2.17. The van der Waals surface area contributed by atoms with Gasteiger partial charge in [0.05, 0.1) is 12.4 Å². The van der Waals surface area contributed by atoms with Gasteiger partial charge in [0.1, 0.15) is 23.3 Å². The zero-order valence-electron chi connectivity index (χ0n) is 13.1. The maximum Gasteiger partial charge on any atom is 0.166 e. The maximum absolute atomic E-state index is 10.2. The largest absolute Gasteiger partial charge is 0.389 e. The zero-order chi connectivity index (χ0) is 17.4. The molecule has 0 bridgehead atoms. The molecule has 9 heteroatoms. The number of aliphatic hydroxyl groups excluding tert-OH is 2. The average molecular weight is 469 g/mol. The van der Waals surface area contributed by atoms with Gasteiger partial charge in [-0.25, -0.2) is 15.0 Å². The first kappa shape index (κ1) is 17.0. The van der Waals surface area contributed by atoms with E-state index in [1.54, 1.807) is 10.9 Å². The third kappa shape index (κ3) is 3.33. The van der Waals surface area contributed by atoms with Gasteiger partial charge in [-0.05, 0) is 40.3 Å². The fourth-order valence-electron chi connectivity index (χ4n) is 2.83. The first-order valence-electron chi connectivity index (χ1n) is 7.77. The van der Waals surface area contributed by atoms with Crippen molar-refractivity contribution in [3.8, 4) is 0 Å². The number of imidazole rings is 1. The number of anilines is 1. The van der Waals surface area contributed by atoms with Crippen LogP contribution in [0.5, 0.6) is 0 Å². The molecule has 3 N–H and O–H groups in total. The number of aliphatic hydroxyl groups is 2. The minimum Gasteiger partial charge on any atom is -0.389 e. The molecular weight excluding hydrogens is 453 g/mol. The zero-order valence-corrected chi connectivity index (χ0v) is 16.1. The third-order valence-electron chi connectivity index (χ3n) is 4.11. The molecule has 1 aliphatic heterocycles. The molecule has 3 atom stereocenters. The van der Waals surface area contributed by atoms with Crippen molar-refractivity contribution in [3.63, 3.8) is 0 Å². The van der Waals surface area contributed by atoms with Crippen molar-refractivity contribution in [2.24, 2.45) is 0 Å². The van der Waals surface area contributed by atoms with E-state index in [1.165, 1.54) is 21.7 Å². The molecule has 4 rings (SSSR count). The van der Waals surface area contributed by atoms with Crippen molar-refractivity contribution < 1.29 is 10.2 Å². The normalized spacial score (nSPS) is 23.2. The van der Waals surface area contributed by atoms with Crippen molar-refractivity contribution in [3.05, 3.63) is 46.1 Å². The monoisotopic (exact) mass is 469 g/mol. The number of halogens is 1. The lowest BCUT2D eigenvalue weighted by molar-refractivity contribution is 0.0313. The van der Waals surface area contributed by atoms with E-state index in [2.05, 4.69) is 55.0 Å². The van der Waals surface area contributed by atoms with Gasteiger partial charge in [-0.2, -0.15) is 0 Å². The van der Waals surface area contributed by atoms with E-state index >= 15 is 0 Å². The van der Waals surface area contributed by atoms with Crippen molar-refractivity contribution in [1.29, 1.82) is 0 Å². The topological polar surface area (TPSA) is 96.1 Å². The van der Waals surface area contributed by atoms with Crippen molar-refractivity contribution in [2.75, 3.05) is 11.1 Å². The van der Waals surface area contributed by atoms with Crippen molar-refractivity contribution in [2.45, 2.75) is 24.1 Å². The van der Waals surface area contributed by atoms with Gasteiger partial charge in [-0.15, -0.1) is 11.8 Å².